The Morgan fingerprint density at radius 3 is 2.42 bits per heavy atom. The summed E-state index contributed by atoms with van der Waals surface area (Å²) in [7, 11) is 0. The number of carbonyl (C=O) groups excluding carboxylic acids is 1. The number of hydrogen-bond acceptors (Lipinski definition) is 5. The topological polar surface area (TPSA) is 93.3 Å². The van der Waals surface area contributed by atoms with Crippen LogP contribution in [0.1, 0.15) is 30.4 Å². The summed E-state index contributed by atoms with van der Waals surface area (Å²) >= 11 is 0. The molecule has 0 radical (unpaired) electrons. The number of benzene rings is 1. The predicted octanol–water partition coefficient (Wildman–Crippen LogP) is 1.91. The number of aryl methyl sites for hydroxylation is 2. The lowest BCUT2D eigenvalue weighted by atomic mass is 10.1. The molecule has 7 nitrogen and oxygen atoms in total. The molecule has 0 saturated carbocycles. The maximum absolute atomic E-state index is 11.9. The van der Waals surface area contributed by atoms with E-state index in [1.807, 2.05) is 31.2 Å². The molecule has 2 rings (SSSR count). The van der Waals surface area contributed by atoms with Crippen LogP contribution in [0.4, 0.5) is 0 Å². The fourth-order valence-electron chi connectivity index (χ4n) is 2.53. The second-order valence-electron chi connectivity index (χ2n) is 5.82. The van der Waals surface area contributed by atoms with Gasteiger partial charge in [-0.15, -0.1) is 0 Å². The van der Waals surface area contributed by atoms with Gasteiger partial charge in [0.15, 0.2) is 0 Å². The number of ether oxygens (including phenoxy) is 2. The average molecular weight is 359 g/mol. The van der Waals surface area contributed by atoms with E-state index >= 15 is 0 Å². The molecule has 1 amide bonds. The summed E-state index contributed by atoms with van der Waals surface area (Å²) in [5.41, 5.74) is 1.04. The number of H-pyrrole nitrogens is 1. The number of aromatic amines is 1. The quantitative estimate of drug-likeness (QED) is 0.667. The largest absolute Gasteiger partial charge is 0.494 e. The van der Waals surface area contributed by atoms with Crippen molar-refractivity contribution in [2.45, 2.75) is 33.6 Å². The van der Waals surface area contributed by atoms with E-state index in [0.717, 1.165) is 11.5 Å². The first-order valence-electron chi connectivity index (χ1n) is 8.68. The molecule has 7 heteroatoms. The van der Waals surface area contributed by atoms with Crippen molar-refractivity contribution in [1.29, 1.82) is 0 Å². The van der Waals surface area contributed by atoms with Crippen molar-refractivity contribution in [1.82, 2.24) is 15.3 Å². The molecule has 1 aromatic heterocycles. The number of aromatic nitrogens is 2. The van der Waals surface area contributed by atoms with Crippen LogP contribution in [0.25, 0.3) is 0 Å². The van der Waals surface area contributed by atoms with Crippen molar-refractivity contribution in [3.8, 4) is 11.5 Å². The van der Waals surface area contributed by atoms with Crippen molar-refractivity contribution in [2.24, 2.45) is 0 Å². The Labute approximate surface area is 152 Å². The maximum atomic E-state index is 11.9. The van der Waals surface area contributed by atoms with Crippen LogP contribution in [-0.4, -0.2) is 35.6 Å². The van der Waals surface area contributed by atoms with Gasteiger partial charge in [-0.25, -0.2) is 4.98 Å². The summed E-state index contributed by atoms with van der Waals surface area (Å²) in [5.74, 6) is 1.96. The summed E-state index contributed by atoms with van der Waals surface area (Å²) < 4.78 is 10.9. The van der Waals surface area contributed by atoms with Crippen molar-refractivity contribution in [3.05, 3.63) is 51.7 Å². The third kappa shape index (κ3) is 5.91. The molecule has 0 aliphatic heterocycles. The third-order valence-corrected chi connectivity index (χ3v) is 3.77. The maximum Gasteiger partial charge on any atom is 0.254 e. The number of rotatable bonds is 9. The van der Waals surface area contributed by atoms with E-state index in [1.54, 1.807) is 13.8 Å². The molecule has 0 spiro atoms. The Balaban J connectivity index is 1.70. The van der Waals surface area contributed by atoms with E-state index in [1.165, 1.54) is 0 Å². The van der Waals surface area contributed by atoms with Crippen molar-refractivity contribution in [2.75, 3.05) is 19.8 Å². The lowest BCUT2D eigenvalue weighted by Crippen LogP contribution is -2.29. The van der Waals surface area contributed by atoms with Crippen LogP contribution in [-0.2, 0) is 11.2 Å². The lowest BCUT2D eigenvalue weighted by Gasteiger charge is -2.09. The SMILES string of the molecule is CCOc1ccc(OCCNC(=O)CCc2c(C)nc(C)[nH]c2=O)cc1. The Morgan fingerprint density at radius 2 is 1.81 bits per heavy atom. The summed E-state index contributed by atoms with van der Waals surface area (Å²) in [4.78, 5) is 30.7. The molecule has 0 unspecified atom stereocenters. The van der Waals surface area contributed by atoms with Gasteiger partial charge in [-0.1, -0.05) is 0 Å². The smallest absolute Gasteiger partial charge is 0.254 e. The first kappa shape index (κ1) is 19.5. The highest BCUT2D eigenvalue weighted by Crippen LogP contribution is 2.17. The number of amides is 1. The van der Waals surface area contributed by atoms with Crippen LogP contribution in [0.2, 0.25) is 0 Å². The monoisotopic (exact) mass is 359 g/mol. The fraction of sp³-hybridized carbons (Fsp3) is 0.421. The zero-order valence-electron chi connectivity index (χ0n) is 15.4. The van der Waals surface area contributed by atoms with Crippen molar-refractivity contribution < 1.29 is 14.3 Å². The minimum Gasteiger partial charge on any atom is -0.494 e. The van der Waals surface area contributed by atoms with Gasteiger partial charge in [0.1, 0.15) is 23.9 Å². The van der Waals surface area contributed by atoms with Crippen LogP contribution >= 0.6 is 0 Å². The van der Waals surface area contributed by atoms with E-state index in [4.69, 9.17) is 9.47 Å². The van der Waals surface area contributed by atoms with Crippen LogP contribution in [0.5, 0.6) is 11.5 Å². The minimum absolute atomic E-state index is 0.125. The molecule has 0 fully saturated rings. The highest BCUT2D eigenvalue weighted by atomic mass is 16.5. The molecule has 1 aromatic carbocycles. The molecular formula is C19H25N3O4. The molecule has 2 aromatic rings. The molecule has 26 heavy (non-hydrogen) atoms. The van der Waals surface area contributed by atoms with Gasteiger partial charge >= 0.3 is 0 Å². The van der Waals surface area contributed by atoms with Gasteiger partial charge in [0.05, 0.1) is 13.2 Å². The lowest BCUT2D eigenvalue weighted by molar-refractivity contribution is -0.121. The van der Waals surface area contributed by atoms with Gasteiger partial charge in [0.25, 0.3) is 5.56 Å². The number of carbonyl (C=O) groups is 1. The van der Waals surface area contributed by atoms with Crippen molar-refractivity contribution in [3.63, 3.8) is 0 Å². The summed E-state index contributed by atoms with van der Waals surface area (Å²) in [5, 5.41) is 2.78. The number of nitrogens with one attached hydrogen (secondary N) is 2. The number of hydrogen-bond donors (Lipinski definition) is 2. The Kier molecular flexibility index (Phi) is 7.20. The molecule has 0 saturated heterocycles. The highest BCUT2D eigenvalue weighted by Gasteiger charge is 2.09. The van der Waals surface area contributed by atoms with Crippen LogP contribution in [0, 0.1) is 13.8 Å². The summed E-state index contributed by atoms with van der Waals surface area (Å²) in [6, 6.07) is 7.33. The van der Waals surface area contributed by atoms with E-state index in [-0.39, 0.29) is 17.9 Å². The van der Waals surface area contributed by atoms with E-state index in [0.29, 0.717) is 43.3 Å². The molecule has 140 valence electrons. The highest BCUT2D eigenvalue weighted by molar-refractivity contribution is 5.76. The van der Waals surface area contributed by atoms with Gasteiger partial charge < -0.3 is 19.8 Å². The van der Waals surface area contributed by atoms with E-state index in [9.17, 15) is 9.59 Å². The third-order valence-electron chi connectivity index (χ3n) is 3.77. The first-order chi connectivity index (χ1) is 12.5. The van der Waals surface area contributed by atoms with Gasteiger partial charge in [0.2, 0.25) is 5.91 Å². The fourth-order valence-corrected chi connectivity index (χ4v) is 2.53. The molecule has 1 heterocycles. The Bertz CT molecular complexity index is 784. The molecule has 0 bridgehead atoms. The molecule has 0 aliphatic carbocycles. The zero-order chi connectivity index (χ0) is 18.9. The average Bonchev–Trinajstić information content (AvgIpc) is 2.59. The van der Waals surface area contributed by atoms with Crippen molar-refractivity contribution >= 4 is 5.91 Å². The summed E-state index contributed by atoms with van der Waals surface area (Å²) in [6.45, 7) is 6.82. The Morgan fingerprint density at radius 1 is 1.15 bits per heavy atom. The van der Waals surface area contributed by atoms with E-state index < -0.39 is 0 Å². The normalized spacial score (nSPS) is 10.4. The number of nitrogens with zero attached hydrogens (tertiary/aromatic N) is 1. The van der Waals surface area contributed by atoms with Crippen LogP contribution in [0.15, 0.2) is 29.1 Å². The second-order valence-corrected chi connectivity index (χ2v) is 5.82. The summed E-state index contributed by atoms with van der Waals surface area (Å²) in [6.07, 6.45) is 0.595. The van der Waals surface area contributed by atoms with Gasteiger partial charge in [-0.05, 0) is 51.5 Å². The zero-order valence-corrected chi connectivity index (χ0v) is 15.4. The predicted molar refractivity (Wildman–Crippen MR) is 98.8 cm³/mol. The molecule has 0 atom stereocenters. The molecule has 2 N–H and O–H groups in total. The van der Waals surface area contributed by atoms with Gasteiger partial charge in [-0.3, -0.25) is 9.59 Å². The molecular weight excluding hydrogens is 334 g/mol. The van der Waals surface area contributed by atoms with Gasteiger partial charge in [0, 0.05) is 17.7 Å². The van der Waals surface area contributed by atoms with E-state index in [2.05, 4.69) is 15.3 Å². The second kappa shape index (κ2) is 9.60. The van der Waals surface area contributed by atoms with Gasteiger partial charge in [-0.2, -0.15) is 0 Å². The standard InChI is InChI=1S/C19H25N3O4/c1-4-25-15-5-7-16(8-6-15)26-12-11-20-18(23)10-9-17-13(2)21-14(3)22-19(17)24/h5-8H,4,9-12H2,1-3H3,(H,20,23)(H,21,22,24). The Hall–Kier alpha value is -2.83. The van der Waals surface area contributed by atoms with Crippen LogP contribution in [0.3, 0.4) is 0 Å². The minimum atomic E-state index is -0.179. The molecule has 0 aliphatic rings. The van der Waals surface area contributed by atoms with Crippen LogP contribution < -0.4 is 20.3 Å². The first-order valence-corrected chi connectivity index (χ1v) is 8.68.